The van der Waals surface area contributed by atoms with E-state index in [9.17, 15) is 4.79 Å². The molecule has 0 saturated carbocycles. The van der Waals surface area contributed by atoms with Crippen LogP contribution in [0.2, 0.25) is 0 Å². The van der Waals surface area contributed by atoms with Crippen molar-refractivity contribution in [3.63, 3.8) is 0 Å². The van der Waals surface area contributed by atoms with E-state index >= 15 is 0 Å². The molecule has 0 unspecified atom stereocenters. The summed E-state index contributed by atoms with van der Waals surface area (Å²) in [5, 5.41) is 6.55. The molecule has 0 aliphatic carbocycles. The minimum Gasteiger partial charge on any atom is -0.462 e. The Morgan fingerprint density at radius 2 is 1.77 bits per heavy atom. The third-order valence-corrected chi connectivity index (χ3v) is 5.87. The van der Waals surface area contributed by atoms with E-state index in [2.05, 4.69) is 57.7 Å². The highest BCUT2D eigenvalue weighted by atomic mass is 16.5. The first-order chi connectivity index (χ1) is 15.2. The molecule has 1 aliphatic heterocycles. The average Bonchev–Trinajstić information content (AvgIpc) is 3.35. The Balaban J connectivity index is 1.59. The van der Waals surface area contributed by atoms with Crippen molar-refractivity contribution in [3.05, 3.63) is 72.4 Å². The lowest BCUT2D eigenvalue weighted by Crippen LogP contribution is -2.17. The molecular weight excluding hydrogens is 386 g/mol. The SMILES string of the molecule is CCOC(=O)c1cnc2c(ccc3ccccc32)c1Nc1ccc(N2CCCC2)cc1. The molecule has 1 saturated heterocycles. The summed E-state index contributed by atoms with van der Waals surface area (Å²) >= 11 is 0. The van der Waals surface area contributed by atoms with Crippen LogP contribution in [0.3, 0.4) is 0 Å². The third kappa shape index (κ3) is 3.67. The van der Waals surface area contributed by atoms with Crippen LogP contribution >= 0.6 is 0 Å². The molecular formula is C26H25N3O2. The van der Waals surface area contributed by atoms with Gasteiger partial charge in [-0.2, -0.15) is 0 Å². The predicted molar refractivity (Wildman–Crippen MR) is 126 cm³/mol. The standard InChI is InChI=1S/C26H25N3O2/c1-2-31-26(30)23-17-27-24-21-8-4-3-7-18(21)9-14-22(24)25(23)28-19-10-12-20(13-11-19)29-15-5-6-16-29/h3-4,7-14,17H,2,5-6,15-16H2,1H3,(H,27,28). The van der Waals surface area contributed by atoms with Gasteiger partial charge in [0.1, 0.15) is 5.56 Å². The Bertz CT molecular complexity index is 1240. The Morgan fingerprint density at radius 3 is 2.55 bits per heavy atom. The molecule has 31 heavy (non-hydrogen) atoms. The molecule has 5 rings (SSSR count). The molecule has 0 radical (unpaired) electrons. The molecule has 5 heteroatoms. The van der Waals surface area contributed by atoms with Crippen LogP contribution in [0, 0.1) is 0 Å². The zero-order valence-electron chi connectivity index (χ0n) is 17.6. The van der Waals surface area contributed by atoms with Crippen LogP contribution < -0.4 is 10.2 Å². The van der Waals surface area contributed by atoms with Crippen molar-refractivity contribution >= 4 is 44.7 Å². The Labute approximate surface area is 181 Å². The average molecular weight is 412 g/mol. The number of nitrogens with zero attached hydrogens (tertiary/aromatic N) is 2. The largest absolute Gasteiger partial charge is 0.462 e. The van der Waals surface area contributed by atoms with Gasteiger partial charge in [-0.3, -0.25) is 4.98 Å². The lowest BCUT2D eigenvalue weighted by Gasteiger charge is -2.19. The highest BCUT2D eigenvalue weighted by Crippen LogP contribution is 2.34. The van der Waals surface area contributed by atoms with E-state index in [-0.39, 0.29) is 5.97 Å². The zero-order chi connectivity index (χ0) is 21.2. The summed E-state index contributed by atoms with van der Waals surface area (Å²) < 4.78 is 5.30. The van der Waals surface area contributed by atoms with Crippen LogP contribution in [0.1, 0.15) is 30.1 Å². The summed E-state index contributed by atoms with van der Waals surface area (Å²) in [6, 6.07) is 20.6. The van der Waals surface area contributed by atoms with Crippen LogP contribution in [0.15, 0.2) is 66.9 Å². The zero-order valence-corrected chi connectivity index (χ0v) is 17.6. The van der Waals surface area contributed by atoms with E-state index < -0.39 is 0 Å². The number of carbonyl (C=O) groups excluding carboxylic acids is 1. The van der Waals surface area contributed by atoms with Gasteiger partial charge in [0.05, 0.1) is 17.8 Å². The molecule has 156 valence electrons. The molecule has 2 heterocycles. The molecule has 0 atom stereocenters. The molecule has 4 aromatic rings. The lowest BCUT2D eigenvalue weighted by molar-refractivity contribution is 0.0527. The second kappa shape index (κ2) is 8.26. The fraction of sp³-hybridized carbons (Fsp3) is 0.231. The maximum absolute atomic E-state index is 12.7. The van der Waals surface area contributed by atoms with E-state index in [1.54, 1.807) is 6.20 Å². The van der Waals surface area contributed by atoms with Crippen molar-refractivity contribution < 1.29 is 9.53 Å². The number of hydrogen-bond donors (Lipinski definition) is 1. The van der Waals surface area contributed by atoms with Gasteiger partial charge in [-0.25, -0.2) is 4.79 Å². The third-order valence-electron chi connectivity index (χ3n) is 5.87. The topological polar surface area (TPSA) is 54.5 Å². The number of pyridine rings is 1. The highest BCUT2D eigenvalue weighted by molar-refractivity contribution is 6.13. The lowest BCUT2D eigenvalue weighted by atomic mass is 10.0. The van der Waals surface area contributed by atoms with Crippen molar-refractivity contribution in [1.29, 1.82) is 0 Å². The molecule has 1 aliphatic rings. The van der Waals surface area contributed by atoms with Gasteiger partial charge in [-0.1, -0.05) is 36.4 Å². The summed E-state index contributed by atoms with van der Waals surface area (Å²) in [6.45, 7) is 4.35. The molecule has 3 aromatic carbocycles. The van der Waals surface area contributed by atoms with Gasteiger partial charge in [-0.05, 0) is 49.4 Å². The molecule has 5 nitrogen and oxygen atoms in total. The van der Waals surface area contributed by atoms with Crippen molar-refractivity contribution in [1.82, 2.24) is 4.98 Å². The fourth-order valence-electron chi connectivity index (χ4n) is 4.31. The van der Waals surface area contributed by atoms with E-state index in [1.165, 1.54) is 18.5 Å². The number of rotatable bonds is 5. The van der Waals surface area contributed by atoms with Gasteiger partial charge >= 0.3 is 5.97 Å². The minimum absolute atomic E-state index is 0.318. The van der Waals surface area contributed by atoms with Gasteiger partial charge in [0.2, 0.25) is 0 Å². The van der Waals surface area contributed by atoms with Gasteiger partial charge < -0.3 is 15.0 Å². The Kier molecular flexibility index (Phi) is 5.16. The second-order valence-electron chi connectivity index (χ2n) is 7.82. The first kappa shape index (κ1) is 19.4. The highest BCUT2D eigenvalue weighted by Gasteiger charge is 2.18. The molecule has 0 amide bonds. The van der Waals surface area contributed by atoms with E-state index in [0.29, 0.717) is 12.2 Å². The van der Waals surface area contributed by atoms with Crippen molar-refractivity contribution in [2.24, 2.45) is 0 Å². The van der Waals surface area contributed by atoms with Crippen LogP contribution in [-0.4, -0.2) is 30.6 Å². The summed E-state index contributed by atoms with van der Waals surface area (Å²) in [5.74, 6) is -0.374. The normalized spacial score (nSPS) is 13.6. The summed E-state index contributed by atoms with van der Waals surface area (Å²) in [6.07, 6.45) is 4.12. The summed E-state index contributed by atoms with van der Waals surface area (Å²) in [7, 11) is 0. The van der Waals surface area contributed by atoms with Gasteiger partial charge in [0.25, 0.3) is 0 Å². The number of carbonyl (C=O) groups is 1. The predicted octanol–water partition coefficient (Wildman–Crippen LogP) is 5.91. The summed E-state index contributed by atoms with van der Waals surface area (Å²) in [4.78, 5) is 19.7. The van der Waals surface area contributed by atoms with E-state index in [0.717, 1.165) is 46.1 Å². The monoisotopic (exact) mass is 411 g/mol. The van der Waals surface area contributed by atoms with Gasteiger partial charge in [-0.15, -0.1) is 0 Å². The number of benzene rings is 3. The number of anilines is 3. The molecule has 0 bridgehead atoms. The Morgan fingerprint density at radius 1 is 1.00 bits per heavy atom. The number of hydrogen-bond acceptors (Lipinski definition) is 5. The number of ether oxygens (including phenoxy) is 1. The summed E-state index contributed by atoms with van der Waals surface area (Å²) in [5.41, 5.74) is 4.19. The maximum atomic E-state index is 12.7. The van der Waals surface area contributed by atoms with Crippen LogP contribution in [0.5, 0.6) is 0 Å². The Hall–Kier alpha value is -3.60. The van der Waals surface area contributed by atoms with Crippen LogP contribution in [-0.2, 0) is 4.74 Å². The number of aromatic nitrogens is 1. The van der Waals surface area contributed by atoms with Crippen LogP contribution in [0.4, 0.5) is 17.1 Å². The smallest absolute Gasteiger partial charge is 0.341 e. The van der Waals surface area contributed by atoms with Crippen molar-refractivity contribution in [2.75, 3.05) is 29.9 Å². The molecule has 0 spiro atoms. The number of esters is 1. The number of nitrogens with one attached hydrogen (secondary N) is 1. The maximum Gasteiger partial charge on any atom is 0.341 e. The van der Waals surface area contributed by atoms with E-state index in [1.807, 2.05) is 25.1 Å². The molecule has 1 aromatic heterocycles. The first-order valence-corrected chi connectivity index (χ1v) is 10.8. The first-order valence-electron chi connectivity index (χ1n) is 10.8. The fourth-order valence-corrected chi connectivity index (χ4v) is 4.31. The minimum atomic E-state index is -0.374. The van der Waals surface area contributed by atoms with Gasteiger partial charge in [0, 0.05) is 41.4 Å². The molecule has 1 N–H and O–H groups in total. The quantitative estimate of drug-likeness (QED) is 0.327. The second-order valence-corrected chi connectivity index (χ2v) is 7.82. The van der Waals surface area contributed by atoms with Crippen molar-refractivity contribution in [3.8, 4) is 0 Å². The molecule has 1 fully saturated rings. The number of fused-ring (bicyclic) bond motifs is 3. The van der Waals surface area contributed by atoms with Gasteiger partial charge in [0.15, 0.2) is 0 Å². The van der Waals surface area contributed by atoms with Crippen molar-refractivity contribution in [2.45, 2.75) is 19.8 Å². The van der Waals surface area contributed by atoms with Crippen LogP contribution in [0.25, 0.3) is 21.7 Å². The van der Waals surface area contributed by atoms with E-state index in [4.69, 9.17) is 4.74 Å².